The molecule has 1 fully saturated rings. The van der Waals surface area contributed by atoms with E-state index in [-0.39, 0.29) is 11.9 Å². The molecule has 5 heteroatoms. The van der Waals surface area contributed by atoms with Gasteiger partial charge in [0.2, 0.25) is 6.10 Å². The Balaban J connectivity index is 1.67. The summed E-state index contributed by atoms with van der Waals surface area (Å²) in [5, 5.41) is 0. The van der Waals surface area contributed by atoms with Gasteiger partial charge in [0.1, 0.15) is 11.8 Å². The highest BCUT2D eigenvalue weighted by atomic mass is 16.5. The SMILES string of the molecule is COC(=O)c1ccc(C2C(Oc3ccccc3)C(=O)N2c2ccccc2)cc1. The Morgan fingerprint density at radius 2 is 1.46 bits per heavy atom. The molecule has 2 unspecified atom stereocenters. The molecule has 1 amide bonds. The lowest BCUT2D eigenvalue weighted by Gasteiger charge is -2.46. The van der Waals surface area contributed by atoms with Gasteiger partial charge in [-0.25, -0.2) is 4.79 Å². The number of benzene rings is 3. The smallest absolute Gasteiger partial charge is 0.337 e. The number of anilines is 1. The van der Waals surface area contributed by atoms with E-state index in [1.807, 2.05) is 72.8 Å². The van der Waals surface area contributed by atoms with E-state index < -0.39 is 12.1 Å². The van der Waals surface area contributed by atoms with Crippen molar-refractivity contribution in [1.82, 2.24) is 0 Å². The molecule has 1 aliphatic heterocycles. The predicted octanol–water partition coefficient (Wildman–Crippen LogP) is 4.01. The molecule has 5 nitrogen and oxygen atoms in total. The minimum absolute atomic E-state index is 0.0999. The van der Waals surface area contributed by atoms with Gasteiger partial charge >= 0.3 is 5.97 Å². The maximum absolute atomic E-state index is 12.9. The highest BCUT2D eigenvalue weighted by Crippen LogP contribution is 2.41. The summed E-state index contributed by atoms with van der Waals surface area (Å²) in [4.78, 5) is 26.3. The fraction of sp³-hybridized carbons (Fsp3) is 0.130. The Kier molecular flexibility index (Phi) is 4.81. The second-order valence-corrected chi connectivity index (χ2v) is 6.45. The minimum Gasteiger partial charge on any atom is -0.478 e. The van der Waals surface area contributed by atoms with Crippen molar-refractivity contribution in [2.24, 2.45) is 0 Å². The van der Waals surface area contributed by atoms with E-state index in [9.17, 15) is 9.59 Å². The molecule has 0 aromatic heterocycles. The number of rotatable bonds is 5. The molecule has 0 aliphatic carbocycles. The van der Waals surface area contributed by atoms with Crippen molar-refractivity contribution in [3.63, 3.8) is 0 Å². The van der Waals surface area contributed by atoms with Gasteiger partial charge in [-0.2, -0.15) is 0 Å². The number of para-hydroxylation sites is 2. The second-order valence-electron chi connectivity index (χ2n) is 6.45. The van der Waals surface area contributed by atoms with Crippen molar-refractivity contribution in [2.75, 3.05) is 12.0 Å². The van der Waals surface area contributed by atoms with E-state index >= 15 is 0 Å². The first kappa shape index (κ1) is 17.8. The summed E-state index contributed by atoms with van der Waals surface area (Å²) in [6.45, 7) is 0. The minimum atomic E-state index is -0.633. The third kappa shape index (κ3) is 3.22. The number of carbonyl (C=O) groups excluding carboxylic acids is 2. The molecule has 0 saturated carbocycles. The summed E-state index contributed by atoms with van der Waals surface area (Å²) in [5.74, 6) is 0.148. The quantitative estimate of drug-likeness (QED) is 0.501. The summed E-state index contributed by atoms with van der Waals surface area (Å²) in [5.41, 5.74) is 2.16. The van der Waals surface area contributed by atoms with Gasteiger partial charge in [0, 0.05) is 5.69 Å². The Hall–Kier alpha value is -3.60. The Morgan fingerprint density at radius 3 is 2.07 bits per heavy atom. The van der Waals surface area contributed by atoms with Crippen LogP contribution in [0.1, 0.15) is 22.0 Å². The molecule has 4 rings (SSSR count). The van der Waals surface area contributed by atoms with Crippen molar-refractivity contribution in [1.29, 1.82) is 0 Å². The Morgan fingerprint density at radius 1 is 0.857 bits per heavy atom. The predicted molar refractivity (Wildman–Crippen MR) is 105 cm³/mol. The van der Waals surface area contributed by atoms with E-state index in [0.29, 0.717) is 11.3 Å². The molecule has 1 heterocycles. The summed E-state index contributed by atoms with van der Waals surface area (Å²) in [6.07, 6.45) is -0.633. The zero-order chi connectivity index (χ0) is 19.5. The molecular formula is C23H19NO4. The molecule has 3 aromatic carbocycles. The Bertz CT molecular complexity index is 971. The normalized spacial score (nSPS) is 18.3. The number of amides is 1. The molecule has 3 aromatic rings. The first-order valence-electron chi connectivity index (χ1n) is 8.97. The van der Waals surface area contributed by atoms with E-state index in [2.05, 4.69) is 0 Å². The van der Waals surface area contributed by atoms with Gasteiger partial charge in [-0.05, 0) is 42.0 Å². The van der Waals surface area contributed by atoms with E-state index in [4.69, 9.17) is 9.47 Å². The van der Waals surface area contributed by atoms with Crippen LogP contribution in [0.15, 0.2) is 84.9 Å². The van der Waals surface area contributed by atoms with Crippen LogP contribution in [0.2, 0.25) is 0 Å². The topological polar surface area (TPSA) is 55.8 Å². The zero-order valence-electron chi connectivity index (χ0n) is 15.3. The number of hydrogen-bond donors (Lipinski definition) is 0. The molecule has 0 spiro atoms. The number of hydrogen-bond acceptors (Lipinski definition) is 4. The molecule has 0 radical (unpaired) electrons. The molecule has 2 atom stereocenters. The van der Waals surface area contributed by atoms with Crippen LogP contribution < -0.4 is 9.64 Å². The van der Waals surface area contributed by atoms with Crippen molar-refractivity contribution >= 4 is 17.6 Å². The molecule has 0 N–H and O–H groups in total. The second kappa shape index (κ2) is 7.56. The van der Waals surface area contributed by atoms with Gasteiger partial charge in [0.15, 0.2) is 0 Å². The summed E-state index contributed by atoms with van der Waals surface area (Å²) in [7, 11) is 1.35. The van der Waals surface area contributed by atoms with E-state index in [1.54, 1.807) is 17.0 Å². The van der Waals surface area contributed by atoms with Crippen LogP contribution in [0.4, 0.5) is 5.69 Å². The summed E-state index contributed by atoms with van der Waals surface area (Å²) < 4.78 is 10.8. The number of ether oxygens (including phenoxy) is 2. The maximum atomic E-state index is 12.9. The molecule has 140 valence electrons. The van der Waals surface area contributed by atoms with Gasteiger partial charge in [-0.1, -0.05) is 48.5 Å². The van der Waals surface area contributed by atoms with Crippen molar-refractivity contribution in [3.8, 4) is 5.75 Å². The summed E-state index contributed by atoms with van der Waals surface area (Å²) >= 11 is 0. The largest absolute Gasteiger partial charge is 0.478 e. The van der Waals surface area contributed by atoms with Crippen molar-refractivity contribution in [3.05, 3.63) is 96.1 Å². The first-order chi connectivity index (χ1) is 13.7. The standard InChI is InChI=1S/C23H19NO4/c1-27-23(26)17-14-12-16(13-15-17)20-21(28-19-10-6-3-7-11-19)22(25)24(20)18-8-4-2-5-9-18/h2-15,20-21H,1H3. The van der Waals surface area contributed by atoms with Crippen LogP contribution in [-0.2, 0) is 9.53 Å². The lowest BCUT2D eigenvalue weighted by molar-refractivity contribution is -0.135. The van der Waals surface area contributed by atoms with Gasteiger partial charge in [-0.3, -0.25) is 9.69 Å². The lowest BCUT2D eigenvalue weighted by Crippen LogP contribution is -2.61. The zero-order valence-corrected chi connectivity index (χ0v) is 15.3. The third-order valence-corrected chi connectivity index (χ3v) is 4.76. The molecule has 28 heavy (non-hydrogen) atoms. The number of esters is 1. The molecular weight excluding hydrogens is 354 g/mol. The van der Waals surface area contributed by atoms with Crippen molar-refractivity contribution < 1.29 is 19.1 Å². The highest BCUT2D eigenvalue weighted by Gasteiger charge is 2.51. The number of carbonyl (C=O) groups is 2. The number of methoxy groups -OCH3 is 1. The number of β-lactam (4-membered cyclic amide) rings is 1. The first-order valence-corrected chi connectivity index (χ1v) is 8.97. The summed E-state index contributed by atoms with van der Waals surface area (Å²) in [6, 6.07) is 25.6. The third-order valence-electron chi connectivity index (χ3n) is 4.76. The number of nitrogens with zero attached hydrogens (tertiary/aromatic N) is 1. The van der Waals surface area contributed by atoms with Crippen LogP contribution in [-0.4, -0.2) is 25.1 Å². The van der Waals surface area contributed by atoms with Crippen LogP contribution in [0.3, 0.4) is 0 Å². The Labute approximate surface area is 163 Å². The lowest BCUT2D eigenvalue weighted by atomic mass is 9.89. The average molecular weight is 373 g/mol. The van der Waals surface area contributed by atoms with E-state index in [0.717, 1.165) is 11.3 Å². The van der Waals surface area contributed by atoms with Crippen LogP contribution in [0.25, 0.3) is 0 Å². The molecule has 1 aliphatic rings. The van der Waals surface area contributed by atoms with Crippen LogP contribution >= 0.6 is 0 Å². The molecule has 0 bridgehead atoms. The fourth-order valence-corrected chi connectivity index (χ4v) is 3.36. The maximum Gasteiger partial charge on any atom is 0.337 e. The van der Waals surface area contributed by atoms with Gasteiger partial charge in [0.25, 0.3) is 5.91 Å². The molecule has 1 saturated heterocycles. The van der Waals surface area contributed by atoms with Crippen molar-refractivity contribution in [2.45, 2.75) is 12.1 Å². The van der Waals surface area contributed by atoms with Crippen LogP contribution in [0, 0.1) is 0 Å². The van der Waals surface area contributed by atoms with Gasteiger partial charge < -0.3 is 9.47 Å². The monoisotopic (exact) mass is 373 g/mol. The van der Waals surface area contributed by atoms with Gasteiger partial charge in [0.05, 0.1) is 12.7 Å². The van der Waals surface area contributed by atoms with E-state index in [1.165, 1.54) is 7.11 Å². The fourth-order valence-electron chi connectivity index (χ4n) is 3.36. The highest BCUT2D eigenvalue weighted by molar-refractivity contribution is 6.05. The average Bonchev–Trinajstić information content (AvgIpc) is 2.76. The van der Waals surface area contributed by atoms with Crippen LogP contribution in [0.5, 0.6) is 5.75 Å². The van der Waals surface area contributed by atoms with Gasteiger partial charge in [-0.15, -0.1) is 0 Å².